The first-order valence-corrected chi connectivity index (χ1v) is 8.99. The lowest BCUT2D eigenvalue weighted by Crippen LogP contribution is -2.41. The summed E-state index contributed by atoms with van der Waals surface area (Å²) in [5.41, 5.74) is 2.10. The highest BCUT2D eigenvalue weighted by atomic mass is 35.5. The van der Waals surface area contributed by atoms with Crippen molar-refractivity contribution in [1.82, 2.24) is 5.32 Å². The molecule has 2 N–H and O–H groups in total. The van der Waals surface area contributed by atoms with Gasteiger partial charge in [-0.15, -0.1) is 0 Å². The normalized spacial score (nSPS) is 11.9. The van der Waals surface area contributed by atoms with Crippen LogP contribution in [0.1, 0.15) is 22.3 Å². The molecular formula is C20H20Cl2N2O3. The highest BCUT2D eigenvalue weighted by Gasteiger charge is 2.23. The topological polar surface area (TPSA) is 67.4 Å². The molecule has 1 amide bonds. The number of amides is 1. The summed E-state index contributed by atoms with van der Waals surface area (Å²) in [6.45, 7) is 0. The number of carbonyl (C=O) groups is 2. The molecule has 0 aromatic heterocycles. The molecule has 0 unspecified atom stereocenters. The highest BCUT2D eigenvalue weighted by Crippen LogP contribution is 2.24. The van der Waals surface area contributed by atoms with Gasteiger partial charge in [0.25, 0.3) is 5.91 Å². The van der Waals surface area contributed by atoms with Gasteiger partial charge in [0.15, 0.2) is 0 Å². The zero-order chi connectivity index (χ0) is 19.8. The smallest absolute Gasteiger partial charge is 0.328 e. The second kappa shape index (κ2) is 10.00. The molecule has 0 aliphatic heterocycles. The van der Waals surface area contributed by atoms with Gasteiger partial charge < -0.3 is 15.4 Å². The summed E-state index contributed by atoms with van der Waals surface area (Å²) < 4.78 is 4.78. The first-order valence-electron chi connectivity index (χ1n) is 8.23. The van der Waals surface area contributed by atoms with Gasteiger partial charge >= 0.3 is 5.97 Å². The van der Waals surface area contributed by atoms with E-state index in [0.29, 0.717) is 0 Å². The van der Waals surface area contributed by atoms with Crippen molar-refractivity contribution in [3.05, 3.63) is 69.7 Å². The van der Waals surface area contributed by atoms with Crippen LogP contribution in [0, 0.1) is 0 Å². The Bertz CT molecular complexity index is 815. The lowest BCUT2D eigenvalue weighted by atomic mass is 10.1. The Morgan fingerprint density at radius 2 is 1.74 bits per heavy atom. The maximum atomic E-state index is 12.5. The summed E-state index contributed by atoms with van der Waals surface area (Å²) in [4.78, 5) is 24.5. The molecule has 1 atom stereocenters. The Morgan fingerprint density at radius 3 is 2.30 bits per heavy atom. The van der Waals surface area contributed by atoms with Crippen molar-refractivity contribution in [1.29, 1.82) is 0 Å². The van der Waals surface area contributed by atoms with Crippen LogP contribution in [0.5, 0.6) is 0 Å². The fourth-order valence-corrected chi connectivity index (χ4v) is 2.97. The third-order valence-corrected chi connectivity index (χ3v) is 4.49. The van der Waals surface area contributed by atoms with E-state index in [9.17, 15) is 9.59 Å². The molecule has 0 saturated heterocycles. The fourth-order valence-electron chi connectivity index (χ4n) is 2.40. The van der Waals surface area contributed by atoms with E-state index in [1.54, 1.807) is 24.3 Å². The first kappa shape index (κ1) is 20.8. The van der Waals surface area contributed by atoms with Crippen LogP contribution in [0.3, 0.4) is 0 Å². The number of rotatable bonds is 7. The molecule has 2 aromatic carbocycles. The number of benzene rings is 2. The average molecular weight is 407 g/mol. The molecule has 7 heteroatoms. The van der Waals surface area contributed by atoms with Gasteiger partial charge in [-0.25, -0.2) is 4.79 Å². The number of nitrogens with one attached hydrogen (secondary N) is 2. The van der Waals surface area contributed by atoms with Gasteiger partial charge in [-0.2, -0.15) is 0 Å². The lowest BCUT2D eigenvalue weighted by molar-refractivity contribution is -0.142. The maximum Gasteiger partial charge on any atom is 0.328 e. The molecule has 0 bridgehead atoms. The van der Waals surface area contributed by atoms with Gasteiger partial charge in [0, 0.05) is 12.7 Å². The summed E-state index contributed by atoms with van der Waals surface area (Å²) in [6.07, 6.45) is 3.92. The van der Waals surface area contributed by atoms with E-state index in [0.717, 1.165) is 11.3 Å². The zero-order valence-corrected chi connectivity index (χ0v) is 16.5. The van der Waals surface area contributed by atoms with Gasteiger partial charge in [-0.1, -0.05) is 53.6 Å². The van der Waals surface area contributed by atoms with E-state index in [1.807, 2.05) is 37.4 Å². The van der Waals surface area contributed by atoms with Crippen LogP contribution in [-0.2, 0) is 9.53 Å². The minimum absolute atomic E-state index is 0.126. The number of ether oxygens (including phenoxy) is 1. The molecule has 0 saturated carbocycles. The third-order valence-electron chi connectivity index (χ3n) is 3.86. The Morgan fingerprint density at radius 1 is 1.11 bits per heavy atom. The molecule has 0 radical (unpaired) electrons. The first-order chi connectivity index (χ1) is 13.0. The molecule has 0 aliphatic carbocycles. The summed E-state index contributed by atoms with van der Waals surface area (Å²) in [6, 6.07) is 11.7. The van der Waals surface area contributed by atoms with E-state index < -0.39 is 17.9 Å². The van der Waals surface area contributed by atoms with Crippen molar-refractivity contribution in [2.24, 2.45) is 0 Å². The predicted octanol–water partition coefficient (Wildman–Crippen LogP) is 4.41. The number of carbonyl (C=O) groups excluding carboxylic acids is 2. The van der Waals surface area contributed by atoms with Gasteiger partial charge in [-0.3, -0.25) is 4.79 Å². The minimum atomic E-state index is -0.859. The second-order valence-electron chi connectivity index (χ2n) is 5.66. The Kier molecular flexibility index (Phi) is 7.70. The molecule has 2 aromatic rings. The number of hydrogen-bond acceptors (Lipinski definition) is 4. The van der Waals surface area contributed by atoms with Gasteiger partial charge in [0.1, 0.15) is 6.04 Å². The number of halogens is 2. The lowest BCUT2D eigenvalue weighted by Gasteiger charge is -2.16. The molecule has 2 rings (SSSR count). The number of hydrogen-bond donors (Lipinski definition) is 2. The van der Waals surface area contributed by atoms with Crippen LogP contribution in [0.15, 0.2) is 48.5 Å². The van der Waals surface area contributed by atoms with Crippen LogP contribution in [-0.4, -0.2) is 32.1 Å². The SMILES string of the molecule is CNc1ccc(/C=C/C[C@H](NC(=O)c2c(Cl)cccc2Cl)C(=O)OC)cc1. The third kappa shape index (κ3) is 5.74. The standard InChI is InChI=1S/C20H20Cl2N2O3/c1-23-14-11-9-13(10-12-14)5-3-8-17(20(26)27-2)24-19(25)18-15(21)6-4-7-16(18)22/h3-7,9-12,17,23H,8H2,1-2H3,(H,24,25)/b5-3+/t17-/m0/s1. The quantitative estimate of drug-likeness (QED) is 0.668. The van der Waals surface area contributed by atoms with Crippen LogP contribution >= 0.6 is 23.2 Å². The van der Waals surface area contributed by atoms with Crippen molar-refractivity contribution in [3.63, 3.8) is 0 Å². The molecule has 0 heterocycles. The fraction of sp³-hybridized carbons (Fsp3) is 0.200. The number of anilines is 1. The van der Waals surface area contributed by atoms with E-state index in [-0.39, 0.29) is 22.0 Å². The number of esters is 1. The van der Waals surface area contributed by atoms with Crippen LogP contribution in [0.4, 0.5) is 5.69 Å². The van der Waals surface area contributed by atoms with Gasteiger partial charge in [-0.05, 0) is 36.2 Å². The van der Waals surface area contributed by atoms with Crippen molar-refractivity contribution in [2.75, 3.05) is 19.5 Å². The molecule has 0 spiro atoms. The number of methoxy groups -OCH3 is 1. The van der Waals surface area contributed by atoms with Crippen molar-refractivity contribution >= 4 is 46.8 Å². The Hall–Kier alpha value is -2.50. The van der Waals surface area contributed by atoms with Crippen molar-refractivity contribution < 1.29 is 14.3 Å². The summed E-state index contributed by atoms with van der Waals surface area (Å²) >= 11 is 12.1. The van der Waals surface area contributed by atoms with Crippen molar-refractivity contribution in [3.8, 4) is 0 Å². The molecule has 27 heavy (non-hydrogen) atoms. The summed E-state index contributed by atoms with van der Waals surface area (Å²) in [5.74, 6) is -1.09. The monoisotopic (exact) mass is 406 g/mol. The van der Waals surface area contributed by atoms with Crippen LogP contribution in [0.2, 0.25) is 10.0 Å². The molecule has 5 nitrogen and oxygen atoms in total. The van der Waals surface area contributed by atoms with E-state index in [1.165, 1.54) is 7.11 Å². The molecule has 0 fully saturated rings. The van der Waals surface area contributed by atoms with E-state index >= 15 is 0 Å². The second-order valence-corrected chi connectivity index (χ2v) is 6.47. The average Bonchev–Trinajstić information content (AvgIpc) is 2.67. The zero-order valence-electron chi connectivity index (χ0n) is 15.0. The van der Waals surface area contributed by atoms with Gasteiger partial charge in [0.2, 0.25) is 0 Å². The van der Waals surface area contributed by atoms with Crippen molar-refractivity contribution in [2.45, 2.75) is 12.5 Å². The highest BCUT2D eigenvalue weighted by molar-refractivity contribution is 6.39. The Labute approximate surface area is 168 Å². The summed E-state index contributed by atoms with van der Waals surface area (Å²) in [7, 11) is 3.11. The summed E-state index contributed by atoms with van der Waals surface area (Å²) in [5, 5.41) is 6.09. The maximum absolute atomic E-state index is 12.5. The molecule has 0 aliphatic rings. The molecular weight excluding hydrogens is 387 g/mol. The van der Waals surface area contributed by atoms with E-state index in [2.05, 4.69) is 10.6 Å². The van der Waals surface area contributed by atoms with Gasteiger partial charge in [0.05, 0.1) is 22.7 Å². The Balaban J connectivity index is 2.09. The van der Waals surface area contributed by atoms with Crippen LogP contribution < -0.4 is 10.6 Å². The molecule has 142 valence electrons. The predicted molar refractivity (Wildman–Crippen MR) is 109 cm³/mol. The van der Waals surface area contributed by atoms with E-state index in [4.69, 9.17) is 27.9 Å². The minimum Gasteiger partial charge on any atom is -0.467 e. The largest absolute Gasteiger partial charge is 0.467 e. The van der Waals surface area contributed by atoms with Crippen LogP contribution in [0.25, 0.3) is 6.08 Å².